The second kappa shape index (κ2) is 11.2. The normalized spacial score (nSPS) is 11.5. The molecule has 0 amide bonds. The van der Waals surface area contributed by atoms with E-state index in [2.05, 4.69) is 20.4 Å². The van der Waals surface area contributed by atoms with Gasteiger partial charge in [-0.15, -0.1) is 0 Å². The van der Waals surface area contributed by atoms with Crippen LogP contribution in [0.5, 0.6) is 11.5 Å². The van der Waals surface area contributed by atoms with Gasteiger partial charge in [0.25, 0.3) is 0 Å². The van der Waals surface area contributed by atoms with Crippen LogP contribution in [0.2, 0.25) is 0 Å². The number of nitrogens with zero attached hydrogens (tertiary/aromatic N) is 1. The fourth-order valence-electron chi connectivity index (χ4n) is 2.64. The molecule has 0 fully saturated rings. The van der Waals surface area contributed by atoms with E-state index in [1.807, 2.05) is 0 Å². The number of nitrogens with one attached hydrogen (secondary N) is 2. The van der Waals surface area contributed by atoms with E-state index in [1.54, 1.807) is 44.3 Å². The predicted octanol–water partition coefficient (Wildman–Crippen LogP) is 3.18. The van der Waals surface area contributed by atoms with Gasteiger partial charge in [0, 0.05) is 31.3 Å². The lowest BCUT2D eigenvalue weighted by molar-refractivity contribution is -0.0520. The Balaban J connectivity index is 2.04. The minimum Gasteiger partial charge on any atom is -0.490 e. The van der Waals surface area contributed by atoms with Crippen LogP contribution in [0, 0.1) is 5.82 Å². The van der Waals surface area contributed by atoms with E-state index in [1.165, 1.54) is 6.07 Å². The average molecular weight is 411 g/mol. The lowest BCUT2D eigenvalue weighted by atomic mass is 10.1. The summed E-state index contributed by atoms with van der Waals surface area (Å²) in [5.74, 6) is 0.139. The highest BCUT2D eigenvalue weighted by Crippen LogP contribution is 2.32. The highest BCUT2D eigenvalue weighted by Gasteiger charge is 2.16. The fourth-order valence-corrected chi connectivity index (χ4v) is 2.64. The standard InChI is InChI=1S/C20H24F3N3O3/c1-3-28-17-6-4-5-14(18(17)29-19(22)23)11-26-20(24-2)25-10-13-7-8-16(21)15(9-13)12-27/h4-9,19,27H,3,10-12H2,1-2H3,(H2,24,25,26). The molecule has 0 aliphatic heterocycles. The molecule has 0 heterocycles. The van der Waals surface area contributed by atoms with Crippen molar-refractivity contribution in [1.29, 1.82) is 0 Å². The van der Waals surface area contributed by atoms with Gasteiger partial charge in [0.1, 0.15) is 5.82 Å². The number of para-hydroxylation sites is 1. The van der Waals surface area contributed by atoms with Gasteiger partial charge < -0.3 is 25.2 Å². The van der Waals surface area contributed by atoms with E-state index in [-0.39, 0.29) is 23.6 Å². The summed E-state index contributed by atoms with van der Waals surface area (Å²) in [4.78, 5) is 4.08. The summed E-state index contributed by atoms with van der Waals surface area (Å²) in [6, 6.07) is 9.32. The van der Waals surface area contributed by atoms with Gasteiger partial charge >= 0.3 is 6.61 Å². The van der Waals surface area contributed by atoms with E-state index in [4.69, 9.17) is 9.84 Å². The highest BCUT2D eigenvalue weighted by molar-refractivity contribution is 5.79. The average Bonchev–Trinajstić information content (AvgIpc) is 2.71. The van der Waals surface area contributed by atoms with Crippen LogP contribution in [-0.2, 0) is 19.7 Å². The Bertz CT molecular complexity index is 832. The predicted molar refractivity (Wildman–Crippen MR) is 104 cm³/mol. The third-order valence-electron chi connectivity index (χ3n) is 3.98. The van der Waals surface area contributed by atoms with Crippen LogP contribution in [-0.4, -0.2) is 31.3 Å². The molecule has 2 rings (SSSR count). The van der Waals surface area contributed by atoms with Gasteiger partial charge in [-0.3, -0.25) is 4.99 Å². The summed E-state index contributed by atoms with van der Waals surface area (Å²) in [6.07, 6.45) is 0. The van der Waals surface area contributed by atoms with Crippen molar-refractivity contribution in [2.24, 2.45) is 4.99 Å². The van der Waals surface area contributed by atoms with E-state index < -0.39 is 19.0 Å². The molecule has 0 saturated carbocycles. The molecular weight excluding hydrogens is 387 g/mol. The molecule has 0 aromatic heterocycles. The lowest BCUT2D eigenvalue weighted by Gasteiger charge is -2.17. The van der Waals surface area contributed by atoms with Gasteiger partial charge in [0.15, 0.2) is 17.5 Å². The molecule has 0 aliphatic carbocycles. The van der Waals surface area contributed by atoms with Crippen LogP contribution >= 0.6 is 0 Å². The van der Waals surface area contributed by atoms with Gasteiger partial charge in [-0.2, -0.15) is 8.78 Å². The molecule has 3 N–H and O–H groups in total. The third-order valence-corrected chi connectivity index (χ3v) is 3.98. The highest BCUT2D eigenvalue weighted by atomic mass is 19.3. The number of ether oxygens (including phenoxy) is 2. The number of benzene rings is 2. The summed E-state index contributed by atoms with van der Waals surface area (Å²) in [7, 11) is 1.56. The smallest absolute Gasteiger partial charge is 0.387 e. The minimum atomic E-state index is -2.98. The Labute approximate surface area is 167 Å². The van der Waals surface area contributed by atoms with Gasteiger partial charge in [-0.05, 0) is 30.7 Å². The molecule has 0 bridgehead atoms. The molecule has 9 heteroatoms. The van der Waals surface area contributed by atoms with Crippen molar-refractivity contribution < 1.29 is 27.8 Å². The number of aliphatic hydroxyl groups excluding tert-OH is 1. The maximum Gasteiger partial charge on any atom is 0.387 e. The molecule has 29 heavy (non-hydrogen) atoms. The quantitative estimate of drug-likeness (QED) is 0.437. The van der Waals surface area contributed by atoms with E-state index in [0.717, 1.165) is 5.56 Å². The van der Waals surface area contributed by atoms with Crippen molar-refractivity contribution in [2.75, 3.05) is 13.7 Å². The number of aliphatic imine (C=N–C) groups is 1. The summed E-state index contributed by atoms with van der Waals surface area (Å²) < 4.78 is 49.1. The van der Waals surface area contributed by atoms with Crippen LogP contribution in [0.15, 0.2) is 41.4 Å². The summed E-state index contributed by atoms with van der Waals surface area (Å²) in [5.41, 5.74) is 1.43. The van der Waals surface area contributed by atoms with Crippen LogP contribution in [0.25, 0.3) is 0 Å². The zero-order valence-corrected chi connectivity index (χ0v) is 16.2. The molecular formula is C20H24F3N3O3. The second-order valence-corrected chi connectivity index (χ2v) is 5.92. The molecule has 2 aromatic carbocycles. The summed E-state index contributed by atoms with van der Waals surface area (Å²) in [5, 5.41) is 15.2. The number of guanidine groups is 1. The first-order valence-electron chi connectivity index (χ1n) is 9.00. The Morgan fingerprint density at radius 3 is 2.55 bits per heavy atom. The van der Waals surface area contributed by atoms with E-state index in [0.29, 0.717) is 24.7 Å². The molecule has 0 aliphatic rings. The van der Waals surface area contributed by atoms with Gasteiger partial charge in [0.05, 0.1) is 13.2 Å². The fraction of sp³-hybridized carbons (Fsp3) is 0.350. The zero-order valence-electron chi connectivity index (χ0n) is 16.2. The first kappa shape index (κ1) is 22.4. The van der Waals surface area contributed by atoms with Crippen molar-refractivity contribution in [1.82, 2.24) is 10.6 Å². The van der Waals surface area contributed by atoms with Crippen LogP contribution in [0.3, 0.4) is 0 Å². The zero-order chi connectivity index (χ0) is 21.2. The van der Waals surface area contributed by atoms with Crippen molar-refractivity contribution in [3.63, 3.8) is 0 Å². The van der Waals surface area contributed by atoms with Gasteiger partial charge in [-0.1, -0.05) is 18.2 Å². The Morgan fingerprint density at radius 1 is 1.14 bits per heavy atom. The second-order valence-electron chi connectivity index (χ2n) is 5.92. The van der Waals surface area contributed by atoms with E-state index in [9.17, 15) is 13.2 Å². The van der Waals surface area contributed by atoms with Crippen molar-refractivity contribution >= 4 is 5.96 Å². The summed E-state index contributed by atoms with van der Waals surface area (Å²) in [6.45, 7) is -0.823. The summed E-state index contributed by atoms with van der Waals surface area (Å²) >= 11 is 0. The van der Waals surface area contributed by atoms with E-state index >= 15 is 0 Å². The van der Waals surface area contributed by atoms with Crippen LogP contribution in [0.1, 0.15) is 23.6 Å². The Kier molecular flexibility index (Phi) is 8.60. The van der Waals surface area contributed by atoms with Gasteiger partial charge in [-0.25, -0.2) is 4.39 Å². The number of hydrogen-bond donors (Lipinski definition) is 3. The largest absolute Gasteiger partial charge is 0.490 e. The number of alkyl halides is 2. The molecule has 0 saturated heterocycles. The topological polar surface area (TPSA) is 75.1 Å². The molecule has 0 radical (unpaired) electrons. The molecule has 6 nitrogen and oxygen atoms in total. The van der Waals surface area contributed by atoms with Crippen molar-refractivity contribution in [3.05, 3.63) is 58.9 Å². The van der Waals surface area contributed by atoms with Crippen LogP contribution < -0.4 is 20.1 Å². The first-order valence-corrected chi connectivity index (χ1v) is 9.00. The molecule has 2 aromatic rings. The molecule has 0 atom stereocenters. The first-order chi connectivity index (χ1) is 14.0. The maximum absolute atomic E-state index is 13.5. The number of halogens is 3. The third kappa shape index (κ3) is 6.56. The number of hydrogen-bond acceptors (Lipinski definition) is 4. The molecule has 0 unspecified atom stereocenters. The SMILES string of the molecule is CCOc1cccc(CNC(=NC)NCc2ccc(F)c(CO)c2)c1OC(F)F. The molecule has 158 valence electrons. The lowest BCUT2D eigenvalue weighted by Crippen LogP contribution is -2.36. The Morgan fingerprint density at radius 2 is 1.90 bits per heavy atom. The number of rotatable bonds is 9. The Hall–Kier alpha value is -2.94. The van der Waals surface area contributed by atoms with Crippen molar-refractivity contribution in [3.8, 4) is 11.5 Å². The maximum atomic E-state index is 13.5. The van der Waals surface area contributed by atoms with Crippen LogP contribution in [0.4, 0.5) is 13.2 Å². The van der Waals surface area contributed by atoms with Gasteiger partial charge in [0.2, 0.25) is 0 Å². The minimum absolute atomic E-state index is 0.0292. The van der Waals surface area contributed by atoms with Crippen molar-refractivity contribution in [2.45, 2.75) is 33.2 Å². The molecule has 0 spiro atoms. The number of aliphatic hydroxyl groups is 1. The monoisotopic (exact) mass is 411 g/mol.